The Morgan fingerprint density at radius 3 is 2.94 bits per heavy atom. The predicted octanol–water partition coefficient (Wildman–Crippen LogP) is 2.87. The van der Waals surface area contributed by atoms with E-state index in [1.165, 1.54) is 0 Å². The van der Waals surface area contributed by atoms with E-state index in [1.807, 2.05) is 6.92 Å². The zero-order valence-electron chi connectivity index (χ0n) is 11.1. The predicted molar refractivity (Wildman–Crippen MR) is 68.0 cm³/mol. The Kier molecular flexibility index (Phi) is 4.28. The van der Waals surface area contributed by atoms with Crippen LogP contribution in [-0.4, -0.2) is 15.9 Å². The minimum atomic E-state index is 0.139. The van der Waals surface area contributed by atoms with Crippen molar-refractivity contribution < 1.29 is 9.32 Å². The summed E-state index contributed by atoms with van der Waals surface area (Å²) in [5, 5.41) is 3.79. The highest BCUT2D eigenvalue weighted by atomic mass is 16.5. The lowest BCUT2D eigenvalue weighted by Gasteiger charge is -2.14. The zero-order valence-corrected chi connectivity index (χ0v) is 11.1. The lowest BCUT2D eigenvalue weighted by atomic mass is 9.89. The molecule has 2 rings (SSSR count). The van der Waals surface area contributed by atoms with E-state index in [4.69, 9.17) is 4.52 Å². The second-order valence-corrected chi connectivity index (χ2v) is 4.93. The molecule has 0 saturated heterocycles. The van der Waals surface area contributed by atoms with Gasteiger partial charge in [-0.1, -0.05) is 24.2 Å². The van der Waals surface area contributed by atoms with Gasteiger partial charge >= 0.3 is 0 Å². The molecule has 98 valence electrons. The third-order valence-corrected chi connectivity index (χ3v) is 3.54. The fourth-order valence-corrected chi connectivity index (χ4v) is 2.60. The lowest BCUT2D eigenvalue weighted by molar-refractivity contribution is -0.121. The molecule has 4 nitrogen and oxygen atoms in total. The summed E-state index contributed by atoms with van der Waals surface area (Å²) < 4.78 is 5.14. The number of aryl methyl sites for hydroxylation is 1. The van der Waals surface area contributed by atoms with Crippen LogP contribution in [0.4, 0.5) is 0 Å². The highest BCUT2D eigenvalue weighted by molar-refractivity contribution is 5.83. The smallest absolute Gasteiger partial charge is 0.226 e. The maximum absolute atomic E-state index is 11.9. The minimum absolute atomic E-state index is 0.139. The third-order valence-electron chi connectivity index (χ3n) is 3.54. The van der Waals surface area contributed by atoms with E-state index in [-0.39, 0.29) is 5.92 Å². The van der Waals surface area contributed by atoms with Crippen molar-refractivity contribution in [1.29, 1.82) is 0 Å². The molecule has 0 aliphatic heterocycles. The van der Waals surface area contributed by atoms with Crippen molar-refractivity contribution in [1.82, 2.24) is 10.1 Å². The van der Waals surface area contributed by atoms with Gasteiger partial charge in [0.2, 0.25) is 5.89 Å². The molecule has 4 heteroatoms. The first-order chi connectivity index (χ1) is 8.70. The summed E-state index contributed by atoms with van der Waals surface area (Å²) in [4.78, 5) is 16.1. The maximum atomic E-state index is 11.9. The second-order valence-electron chi connectivity index (χ2n) is 4.93. The van der Waals surface area contributed by atoms with Crippen LogP contribution >= 0.6 is 0 Å². The average molecular weight is 248 g/mol. The molecule has 1 heterocycles. The first-order valence-electron chi connectivity index (χ1n) is 6.67. The Bertz CT molecular complexity index is 437. The molecule has 2 atom stereocenters. The molecule has 0 N–H and O–H groups in total. The molecule has 1 saturated carbocycles. The standard InChI is InChI=1S/C14H20N2O2/c1-3-4-5-6-12-11(7-8-13(12)17)9-14-15-10(2)16-18-14/h4-5,11-12H,3,6-9H2,1-2H3/b5-4+. The van der Waals surface area contributed by atoms with Crippen LogP contribution in [0.1, 0.15) is 44.3 Å². The molecule has 1 aliphatic carbocycles. The zero-order chi connectivity index (χ0) is 13.0. The first-order valence-corrected chi connectivity index (χ1v) is 6.67. The monoisotopic (exact) mass is 248 g/mol. The van der Waals surface area contributed by atoms with Crippen molar-refractivity contribution in [2.24, 2.45) is 11.8 Å². The van der Waals surface area contributed by atoms with Gasteiger partial charge in [0.15, 0.2) is 5.82 Å². The van der Waals surface area contributed by atoms with Gasteiger partial charge in [0.1, 0.15) is 5.78 Å². The number of nitrogens with zero attached hydrogens (tertiary/aromatic N) is 2. The number of carbonyl (C=O) groups is 1. The van der Waals surface area contributed by atoms with Crippen LogP contribution in [0.2, 0.25) is 0 Å². The van der Waals surface area contributed by atoms with Gasteiger partial charge < -0.3 is 4.52 Å². The summed E-state index contributed by atoms with van der Waals surface area (Å²) >= 11 is 0. The second kappa shape index (κ2) is 5.94. The number of hydrogen-bond donors (Lipinski definition) is 0. The number of Topliss-reactive ketones (excluding diaryl/α,β-unsaturated/α-hetero) is 1. The van der Waals surface area contributed by atoms with Gasteiger partial charge in [-0.2, -0.15) is 4.98 Å². The maximum Gasteiger partial charge on any atom is 0.226 e. The molecule has 1 fully saturated rings. The van der Waals surface area contributed by atoms with Crippen molar-refractivity contribution in [3.05, 3.63) is 23.9 Å². The minimum Gasteiger partial charge on any atom is -0.339 e. The summed E-state index contributed by atoms with van der Waals surface area (Å²) in [6.45, 7) is 3.92. The fraction of sp³-hybridized carbons (Fsp3) is 0.643. The number of hydrogen-bond acceptors (Lipinski definition) is 4. The average Bonchev–Trinajstić information content (AvgIpc) is 2.89. The molecule has 2 unspecified atom stereocenters. The van der Waals surface area contributed by atoms with Crippen LogP contribution in [0, 0.1) is 18.8 Å². The van der Waals surface area contributed by atoms with E-state index < -0.39 is 0 Å². The number of ketones is 1. The normalized spacial score (nSPS) is 24.2. The third kappa shape index (κ3) is 3.06. The quantitative estimate of drug-likeness (QED) is 0.752. The molecule has 0 spiro atoms. The largest absolute Gasteiger partial charge is 0.339 e. The summed E-state index contributed by atoms with van der Waals surface area (Å²) in [5.74, 6) is 2.21. The van der Waals surface area contributed by atoms with E-state index in [2.05, 4.69) is 29.2 Å². The molecule has 18 heavy (non-hydrogen) atoms. The number of carbonyl (C=O) groups excluding carboxylic acids is 1. The Hall–Kier alpha value is -1.45. The van der Waals surface area contributed by atoms with E-state index in [9.17, 15) is 4.79 Å². The number of rotatable bonds is 5. The summed E-state index contributed by atoms with van der Waals surface area (Å²) in [5.41, 5.74) is 0. The van der Waals surface area contributed by atoms with Gasteiger partial charge in [0.25, 0.3) is 0 Å². The van der Waals surface area contributed by atoms with E-state index >= 15 is 0 Å². The van der Waals surface area contributed by atoms with Crippen LogP contribution < -0.4 is 0 Å². The van der Waals surface area contributed by atoms with Gasteiger partial charge in [0.05, 0.1) is 0 Å². The van der Waals surface area contributed by atoms with Gasteiger partial charge in [-0.15, -0.1) is 0 Å². The molecule has 1 aromatic heterocycles. The van der Waals surface area contributed by atoms with E-state index in [0.29, 0.717) is 29.8 Å². The molecule has 1 aromatic rings. The first kappa shape index (κ1) is 13.0. The van der Waals surface area contributed by atoms with E-state index in [0.717, 1.165) is 25.7 Å². The molecule has 0 aromatic carbocycles. The topological polar surface area (TPSA) is 56.0 Å². The molecule has 0 amide bonds. The molecule has 1 aliphatic rings. The Labute approximate surface area is 107 Å². The summed E-state index contributed by atoms with van der Waals surface area (Å²) in [6.07, 6.45) is 8.50. The Morgan fingerprint density at radius 1 is 1.44 bits per heavy atom. The summed E-state index contributed by atoms with van der Waals surface area (Å²) in [6, 6.07) is 0. The van der Waals surface area contributed by atoms with Crippen LogP contribution in [0.25, 0.3) is 0 Å². The van der Waals surface area contributed by atoms with Crippen molar-refractivity contribution in [3.8, 4) is 0 Å². The summed E-state index contributed by atoms with van der Waals surface area (Å²) in [7, 11) is 0. The van der Waals surface area contributed by atoms with Crippen LogP contribution in [0.3, 0.4) is 0 Å². The van der Waals surface area contributed by atoms with Crippen molar-refractivity contribution in [2.45, 2.75) is 46.0 Å². The van der Waals surface area contributed by atoms with Crippen molar-refractivity contribution in [2.75, 3.05) is 0 Å². The number of allylic oxidation sites excluding steroid dienone is 2. The Morgan fingerprint density at radius 2 is 2.28 bits per heavy atom. The van der Waals surface area contributed by atoms with E-state index in [1.54, 1.807) is 0 Å². The SMILES string of the molecule is CC/C=C/CC1C(=O)CCC1Cc1nc(C)no1. The highest BCUT2D eigenvalue weighted by Gasteiger charge is 2.34. The van der Waals surface area contributed by atoms with Gasteiger partial charge in [-0.05, 0) is 32.1 Å². The molecule has 0 radical (unpaired) electrons. The van der Waals surface area contributed by atoms with Crippen LogP contribution in [0.15, 0.2) is 16.7 Å². The molecular weight excluding hydrogens is 228 g/mol. The van der Waals surface area contributed by atoms with Crippen LogP contribution in [0.5, 0.6) is 0 Å². The Balaban J connectivity index is 1.98. The van der Waals surface area contributed by atoms with Gasteiger partial charge in [-0.25, -0.2) is 0 Å². The van der Waals surface area contributed by atoms with Gasteiger partial charge in [0, 0.05) is 18.8 Å². The molecule has 0 bridgehead atoms. The molecular formula is C14H20N2O2. The van der Waals surface area contributed by atoms with Crippen molar-refractivity contribution in [3.63, 3.8) is 0 Å². The number of aromatic nitrogens is 2. The fourth-order valence-electron chi connectivity index (χ4n) is 2.60. The van der Waals surface area contributed by atoms with Crippen LogP contribution in [-0.2, 0) is 11.2 Å². The van der Waals surface area contributed by atoms with Crippen molar-refractivity contribution >= 4 is 5.78 Å². The van der Waals surface area contributed by atoms with Gasteiger partial charge in [-0.3, -0.25) is 4.79 Å². The highest BCUT2D eigenvalue weighted by Crippen LogP contribution is 2.33. The lowest BCUT2D eigenvalue weighted by Crippen LogP contribution is -2.16.